The van der Waals surface area contributed by atoms with Crippen LogP contribution in [-0.4, -0.2) is 46.5 Å². The minimum Gasteiger partial charge on any atom is -0.354 e. The number of hydrogen-bond donors (Lipinski definition) is 3. The van der Waals surface area contributed by atoms with Crippen molar-refractivity contribution in [3.63, 3.8) is 0 Å². The minimum absolute atomic E-state index is 0. The normalized spacial score (nSPS) is 17.5. The standard InChI is InChI=1S/C19H27N5O.ClH/c20-10-9-18(25)21-13-17-8-4-5-11-24(17)14-16-12-22-19(23-16)15-6-2-1-3-7-15;/h1-3,6-7,12,17H,4-5,8-11,13-14,20H2,(H,21,25)(H,22,23);1H. The Morgan fingerprint density at radius 1 is 1.31 bits per heavy atom. The lowest BCUT2D eigenvalue weighted by Gasteiger charge is -2.35. The van der Waals surface area contributed by atoms with Crippen LogP contribution in [0.3, 0.4) is 0 Å². The van der Waals surface area contributed by atoms with Crippen LogP contribution in [0.5, 0.6) is 0 Å². The largest absolute Gasteiger partial charge is 0.354 e. The van der Waals surface area contributed by atoms with Gasteiger partial charge in [0.05, 0.1) is 0 Å². The summed E-state index contributed by atoms with van der Waals surface area (Å²) < 4.78 is 0. The summed E-state index contributed by atoms with van der Waals surface area (Å²) in [5, 5.41) is 3.01. The van der Waals surface area contributed by atoms with E-state index in [4.69, 9.17) is 5.73 Å². The molecule has 0 aliphatic carbocycles. The van der Waals surface area contributed by atoms with E-state index in [1.165, 1.54) is 12.8 Å². The molecule has 142 valence electrons. The molecule has 1 fully saturated rings. The van der Waals surface area contributed by atoms with Crippen molar-refractivity contribution < 1.29 is 4.79 Å². The molecule has 1 aliphatic rings. The Bertz CT molecular complexity index is 676. The molecule has 1 unspecified atom stereocenters. The zero-order valence-corrected chi connectivity index (χ0v) is 15.8. The van der Waals surface area contributed by atoms with Crippen LogP contribution in [0.1, 0.15) is 31.4 Å². The summed E-state index contributed by atoms with van der Waals surface area (Å²) in [6.07, 6.45) is 5.84. The van der Waals surface area contributed by atoms with Crippen LogP contribution >= 0.6 is 12.4 Å². The van der Waals surface area contributed by atoms with Crippen molar-refractivity contribution in [2.45, 2.75) is 38.3 Å². The first-order valence-electron chi connectivity index (χ1n) is 9.06. The van der Waals surface area contributed by atoms with Crippen molar-refractivity contribution in [2.24, 2.45) is 5.73 Å². The summed E-state index contributed by atoms with van der Waals surface area (Å²) in [4.78, 5) is 22.1. The number of carbonyl (C=O) groups excluding carboxylic acids is 1. The van der Waals surface area contributed by atoms with Gasteiger partial charge in [-0.25, -0.2) is 4.98 Å². The lowest BCUT2D eigenvalue weighted by molar-refractivity contribution is -0.121. The van der Waals surface area contributed by atoms with Crippen molar-refractivity contribution >= 4 is 18.3 Å². The molecule has 0 bridgehead atoms. The Balaban J connectivity index is 0.00000243. The van der Waals surface area contributed by atoms with Crippen LogP contribution in [0.4, 0.5) is 0 Å². The topological polar surface area (TPSA) is 87.0 Å². The lowest BCUT2D eigenvalue weighted by Crippen LogP contribution is -2.46. The van der Waals surface area contributed by atoms with Gasteiger partial charge in [-0.3, -0.25) is 9.69 Å². The molecule has 3 rings (SSSR count). The smallest absolute Gasteiger partial charge is 0.221 e. The fourth-order valence-electron chi connectivity index (χ4n) is 3.35. The Morgan fingerprint density at radius 3 is 2.88 bits per heavy atom. The second kappa shape index (κ2) is 10.3. The molecule has 1 amide bonds. The fraction of sp³-hybridized carbons (Fsp3) is 0.474. The first-order valence-corrected chi connectivity index (χ1v) is 9.06. The van der Waals surface area contributed by atoms with E-state index >= 15 is 0 Å². The Hall–Kier alpha value is -1.89. The zero-order chi connectivity index (χ0) is 17.5. The molecule has 1 aliphatic heterocycles. The Morgan fingerprint density at radius 2 is 2.12 bits per heavy atom. The van der Waals surface area contributed by atoms with Crippen molar-refractivity contribution in [3.05, 3.63) is 42.2 Å². The molecule has 7 heteroatoms. The summed E-state index contributed by atoms with van der Waals surface area (Å²) in [5.74, 6) is 0.946. The number of halogens is 1. The van der Waals surface area contributed by atoms with Gasteiger partial charge in [-0.15, -0.1) is 12.4 Å². The van der Waals surface area contributed by atoms with Crippen LogP contribution in [-0.2, 0) is 11.3 Å². The Labute approximate surface area is 161 Å². The first kappa shape index (κ1) is 20.4. The number of nitrogens with zero attached hydrogens (tertiary/aromatic N) is 2. The molecule has 1 saturated heterocycles. The van der Waals surface area contributed by atoms with E-state index < -0.39 is 0 Å². The van der Waals surface area contributed by atoms with Gasteiger partial charge in [0.25, 0.3) is 0 Å². The molecule has 0 spiro atoms. The van der Waals surface area contributed by atoms with Crippen LogP contribution in [0.2, 0.25) is 0 Å². The van der Waals surface area contributed by atoms with Gasteiger partial charge in [-0.1, -0.05) is 36.8 Å². The average Bonchev–Trinajstić information content (AvgIpc) is 3.11. The highest BCUT2D eigenvalue weighted by atomic mass is 35.5. The third-order valence-electron chi connectivity index (χ3n) is 4.70. The molecular formula is C19H28ClN5O. The minimum atomic E-state index is 0. The number of benzene rings is 1. The number of nitrogens with two attached hydrogens (primary N) is 1. The predicted molar refractivity (Wildman–Crippen MR) is 106 cm³/mol. The summed E-state index contributed by atoms with van der Waals surface area (Å²) in [5.41, 5.74) is 7.64. The highest BCUT2D eigenvalue weighted by Gasteiger charge is 2.23. The molecule has 1 aromatic carbocycles. The lowest BCUT2D eigenvalue weighted by atomic mass is 10.0. The zero-order valence-electron chi connectivity index (χ0n) is 15.0. The molecule has 1 aromatic heterocycles. The van der Waals surface area contributed by atoms with Crippen molar-refractivity contribution in [1.82, 2.24) is 20.2 Å². The van der Waals surface area contributed by atoms with Gasteiger partial charge < -0.3 is 16.0 Å². The maximum atomic E-state index is 11.7. The molecule has 6 nitrogen and oxygen atoms in total. The third-order valence-corrected chi connectivity index (χ3v) is 4.70. The first-order chi connectivity index (χ1) is 12.3. The van der Waals surface area contributed by atoms with Crippen LogP contribution in [0.25, 0.3) is 11.4 Å². The van der Waals surface area contributed by atoms with E-state index in [-0.39, 0.29) is 18.3 Å². The highest BCUT2D eigenvalue weighted by molar-refractivity contribution is 5.85. The molecule has 1 atom stereocenters. The SMILES string of the molecule is Cl.NCCC(=O)NCC1CCCCN1Cc1cnc(-c2ccccc2)[nH]1. The number of aromatic amines is 1. The van der Waals surface area contributed by atoms with Gasteiger partial charge in [0, 0.05) is 49.6 Å². The van der Waals surface area contributed by atoms with Crippen molar-refractivity contribution in [2.75, 3.05) is 19.6 Å². The fourth-order valence-corrected chi connectivity index (χ4v) is 3.35. The number of hydrogen-bond acceptors (Lipinski definition) is 4. The molecule has 26 heavy (non-hydrogen) atoms. The highest BCUT2D eigenvalue weighted by Crippen LogP contribution is 2.20. The van der Waals surface area contributed by atoms with E-state index in [9.17, 15) is 4.79 Å². The number of likely N-dealkylation sites (tertiary alicyclic amines) is 1. The molecule has 0 radical (unpaired) electrons. The number of nitrogens with one attached hydrogen (secondary N) is 2. The van der Waals surface area contributed by atoms with Gasteiger partial charge in [-0.2, -0.15) is 0 Å². The van der Waals surface area contributed by atoms with E-state index in [0.29, 0.717) is 25.6 Å². The van der Waals surface area contributed by atoms with E-state index in [0.717, 1.165) is 36.6 Å². The number of piperidine rings is 1. The van der Waals surface area contributed by atoms with Gasteiger partial charge in [-0.05, 0) is 19.4 Å². The number of imidazole rings is 1. The third kappa shape index (κ3) is 5.56. The molecule has 2 heterocycles. The van der Waals surface area contributed by atoms with Crippen LogP contribution < -0.4 is 11.1 Å². The molecule has 0 saturated carbocycles. The van der Waals surface area contributed by atoms with Gasteiger partial charge in [0.1, 0.15) is 5.82 Å². The van der Waals surface area contributed by atoms with Gasteiger partial charge in [0.2, 0.25) is 5.91 Å². The molecule has 4 N–H and O–H groups in total. The quantitative estimate of drug-likeness (QED) is 0.691. The maximum Gasteiger partial charge on any atom is 0.221 e. The van der Waals surface area contributed by atoms with Gasteiger partial charge in [0.15, 0.2) is 0 Å². The number of H-pyrrole nitrogens is 1. The average molecular weight is 378 g/mol. The number of rotatable bonds is 7. The second-order valence-corrected chi connectivity index (χ2v) is 6.59. The molecular weight excluding hydrogens is 350 g/mol. The van der Waals surface area contributed by atoms with E-state index in [1.54, 1.807) is 0 Å². The number of carbonyl (C=O) groups is 1. The second-order valence-electron chi connectivity index (χ2n) is 6.59. The summed E-state index contributed by atoms with van der Waals surface area (Å²) >= 11 is 0. The summed E-state index contributed by atoms with van der Waals surface area (Å²) in [6.45, 7) is 2.98. The molecule has 2 aromatic rings. The van der Waals surface area contributed by atoms with Gasteiger partial charge >= 0.3 is 0 Å². The number of aromatic nitrogens is 2. The summed E-state index contributed by atoms with van der Waals surface area (Å²) in [7, 11) is 0. The number of amides is 1. The van der Waals surface area contributed by atoms with Crippen LogP contribution in [0.15, 0.2) is 36.5 Å². The van der Waals surface area contributed by atoms with E-state index in [1.807, 2.05) is 24.4 Å². The van der Waals surface area contributed by atoms with E-state index in [2.05, 4.69) is 32.3 Å². The maximum absolute atomic E-state index is 11.7. The van der Waals surface area contributed by atoms with Crippen molar-refractivity contribution in [3.8, 4) is 11.4 Å². The predicted octanol–water partition coefficient (Wildman–Crippen LogP) is 2.32. The van der Waals surface area contributed by atoms with Crippen molar-refractivity contribution in [1.29, 1.82) is 0 Å². The Kier molecular flexibility index (Phi) is 8.09. The summed E-state index contributed by atoms with van der Waals surface area (Å²) in [6, 6.07) is 10.5. The monoisotopic (exact) mass is 377 g/mol. The van der Waals surface area contributed by atoms with Crippen LogP contribution in [0, 0.1) is 0 Å².